The van der Waals surface area contributed by atoms with Gasteiger partial charge in [0, 0.05) is 6.42 Å². The number of carbonyl (C=O) groups excluding carboxylic acids is 2. The van der Waals surface area contributed by atoms with Crippen LogP contribution in [0.3, 0.4) is 0 Å². The van der Waals surface area contributed by atoms with Gasteiger partial charge in [-0.3, -0.25) is 9.69 Å². The lowest BCUT2D eigenvalue weighted by Crippen LogP contribution is -2.55. The van der Waals surface area contributed by atoms with Gasteiger partial charge in [-0.05, 0) is 11.1 Å². The molecule has 0 bridgehead atoms. The molecular formula is C24H21NO6. The third kappa shape index (κ3) is 4.35. The van der Waals surface area contributed by atoms with Crippen LogP contribution in [-0.4, -0.2) is 40.1 Å². The Hall–Kier alpha value is -3.87. The van der Waals surface area contributed by atoms with E-state index in [0.29, 0.717) is 0 Å². The normalized spacial score (nSPS) is 21.3. The summed E-state index contributed by atoms with van der Waals surface area (Å²) in [5, 5.41) is 9.77. The molecule has 2 atom stereocenters. The minimum absolute atomic E-state index is 0.0203. The fourth-order valence-corrected chi connectivity index (χ4v) is 3.58. The first-order chi connectivity index (χ1) is 15.0. The smallest absolute Gasteiger partial charge is 0.337 e. The molecule has 2 aliphatic heterocycles. The molecule has 2 heterocycles. The zero-order valence-electron chi connectivity index (χ0n) is 16.6. The van der Waals surface area contributed by atoms with Gasteiger partial charge in [-0.1, -0.05) is 72.8 Å². The fraction of sp³-hybridized carbons (Fsp3) is 0.208. The van der Waals surface area contributed by atoms with Crippen molar-refractivity contribution in [3.8, 4) is 0 Å². The number of carboxylic acids is 1. The van der Waals surface area contributed by atoms with E-state index in [4.69, 9.17) is 9.47 Å². The molecule has 0 saturated carbocycles. The molecule has 158 valence electrons. The van der Waals surface area contributed by atoms with Crippen LogP contribution in [0.5, 0.6) is 0 Å². The quantitative estimate of drug-likeness (QED) is 0.421. The van der Waals surface area contributed by atoms with Gasteiger partial charge in [-0.2, -0.15) is 0 Å². The number of β-lactam (4-membered cyclic amide) rings is 1. The number of hydrogen-bond acceptors (Lipinski definition) is 5. The van der Waals surface area contributed by atoms with Crippen molar-refractivity contribution in [1.82, 2.24) is 4.90 Å². The highest BCUT2D eigenvalue weighted by molar-refractivity contribution is 5.95. The molecule has 7 heteroatoms. The van der Waals surface area contributed by atoms with Gasteiger partial charge in [0.15, 0.2) is 12.3 Å². The van der Waals surface area contributed by atoms with Gasteiger partial charge in [-0.25, -0.2) is 9.59 Å². The first-order valence-electron chi connectivity index (χ1n) is 9.91. The maximum absolute atomic E-state index is 12.8. The van der Waals surface area contributed by atoms with E-state index in [9.17, 15) is 19.5 Å². The number of nitrogens with zero attached hydrogens (tertiary/aromatic N) is 1. The lowest BCUT2D eigenvalue weighted by molar-refractivity contribution is -0.166. The van der Waals surface area contributed by atoms with Crippen LogP contribution >= 0.6 is 0 Å². The minimum atomic E-state index is -1.21. The summed E-state index contributed by atoms with van der Waals surface area (Å²) in [5.41, 5.74) is 1.63. The third-order valence-corrected chi connectivity index (χ3v) is 5.17. The van der Waals surface area contributed by atoms with Crippen molar-refractivity contribution in [1.29, 1.82) is 0 Å². The Labute approximate surface area is 179 Å². The van der Waals surface area contributed by atoms with Crippen molar-refractivity contribution in [2.45, 2.75) is 31.7 Å². The first kappa shape index (κ1) is 20.4. The average molecular weight is 419 g/mol. The van der Waals surface area contributed by atoms with Gasteiger partial charge in [0.1, 0.15) is 12.4 Å². The Morgan fingerprint density at radius 1 is 1.10 bits per heavy atom. The van der Waals surface area contributed by atoms with Crippen LogP contribution in [0, 0.1) is 0 Å². The van der Waals surface area contributed by atoms with E-state index < -0.39 is 24.2 Å². The zero-order chi connectivity index (χ0) is 21.8. The van der Waals surface area contributed by atoms with Crippen molar-refractivity contribution in [3.63, 3.8) is 0 Å². The van der Waals surface area contributed by atoms with E-state index in [1.54, 1.807) is 12.2 Å². The summed E-state index contributed by atoms with van der Waals surface area (Å²) in [7, 11) is 0. The van der Waals surface area contributed by atoms with E-state index in [0.717, 1.165) is 11.1 Å². The number of allylic oxidation sites excluding steroid dienone is 1. The molecule has 2 saturated heterocycles. The van der Waals surface area contributed by atoms with Crippen molar-refractivity contribution in [2.75, 3.05) is 0 Å². The fourth-order valence-electron chi connectivity index (χ4n) is 3.58. The number of benzene rings is 2. The van der Waals surface area contributed by atoms with E-state index in [2.05, 4.69) is 0 Å². The number of carbonyl (C=O) groups is 3. The molecule has 2 aliphatic rings. The second-order valence-corrected chi connectivity index (χ2v) is 7.24. The molecule has 0 spiro atoms. The minimum Gasteiger partial charge on any atom is -0.478 e. The van der Waals surface area contributed by atoms with Crippen molar-refractivity contribution in [3.05, 3.63) is 89.2 Å². The SMILES string of the molecule is O=C(O)C(CC=Cc1ccccc1)=C1O[C@@H]2CC(=O)N2C1C(=O)OCc1ccccc1. The Morgan fingerprint density at radius 3 is 2.42 bits per heavy atom. The highest BCUT2D eigenvalue weighted by Gasteiger charge is 2.55. The number of amides is 1. The van der Waals surface area contributed by atoms with Crippen LogP contribution < -0.4 is 0 Å². The second kappa shape index (κ2) is 8.87. The van der Waals surface area contributed by atoms with E-state index in [1.165, 1.54) is 4.90 Å². The molecule has 0 aromatic heterocycles. The molecule has 1 amide bonds. The van der Waals surface area contributed by atoms with Crippen LogP contribution in [-0.2, 0) is 30.5 Å². The summed E-state index contributed by atoms with van der Waals surface area (Å²) in [6, 6.07) is 17.4. The number of fused-ring (bicyclic) bond motifs is 1. The maximum atomic E-state index is 12.8. The van der Waals surface area contributed by atoms with Crippen LogP contribution in [0.25, 0.3) is 6.08 Å². The summed E-state index contributed by atoms with van der Waals surface area (Å²) in [6.07, 6.45) is 3.00. The summed E-state index contributed by atoms with van der Waals surface area (Å²) >= 11 is 0. The topological polar surface area (TPSA) is 93.1 Å². The van der Waals surface area contributed by atoms with Gasteiger partial charge < -0.3 is 14.6 Å². The molecule has 31 heavy (non-hydrogen) atoms. The van der Waals surface area contributed by atoms with Gasteiger partial charge >= 0.3 is 11.9 Å². The molecule has 2 aromatic rings. The van der Waals surface area contributed by atoms with Crippen LogP contribution in [0.4, 0.5) is 0 Å². The standard InChI is InChI=1S/C24H21NO6/c26-19-14-20-25(19)21(24(29)30-15-17-10-5-2-6-11-17)22(31-20)18(23(27)28)13-7-12-16-8-3-1-4-9-16/h1-12,20-21H,13-15H2,(H,27,28)/t20-,21?/m1/s1. The average Bonchev–Trinajstić information content (AvgIpc) is 3.08. The van der Waals surface area contributed by atoms with Gasteiger partial charge in [-0.15, -0.1) is 0 Å². The molecule has 2 aromatic carbocycles. The summed E-state index contributed by atoms with van der Waals surface area (Å²) < 4.78 is 11.1. The Morgan fingerprint density at radius 2 is 1.77 bits per heavy atom. The molecular weight excluding hydrogens is 398 g/mol. The lowest BCUT2D eigenvalue weighted by Gasteiger charge is -2.33. The number of ether oxygens (including phenoxy) is 2. The maximum Gasteiger partial charge on any atom is 0.337 e. The second-order valence-electron chi connectivity index (χ2n) is 7.24. The monoisotopic (exact) mass is 419 g/mol. The number of aliphatic carboxylic acids is 1. The highest BCUT2D eigenvalue weighted by Crippen LogP contribution is 2.39. The number of carboxylic acid groups (broad SMARTS) is 1. The number of esters is 1. The summed E-state index contributed by atoms with van der Waals surface area (Å²) in [4.78, 5) is 38.2. The molecule has 1 N–H and O–H groups in total. The molecule has 1 unspecified atom stereocenters. The lowest BCUT2D eigenvalue weighted by atomic mass is 10.0. The Balaban J connectivity index is 1.57. The number of rotatable bonds is 7. The zero-order valence-corrected chi connectivity index (χ0v) is 16.6. The van der Waals surface area contributed by atoms with Gasteiger partial charge in [0.2, 0.25) is 5.91 Å². The van der Waals surface area contributed by atoms with Crippen molar-refractivity contribution < 1.29 is 29.0 Å². The number of hydrogen-bond donors (Lipinski definition) is 1. The van der Waals surface area contributed by atoms with Crippen molar-refractivity contribution in [2.24, 2.45) is 0 Å². The van der Waals surface area contributed by atoms with E-state index in [-0.39, 0.29) is 36.7 Å². The molecule has 0 radical (unpaired) electrons. The predicted octanol–water partition coefficient (Wildman–Crippen LogP) is 3.13. The summed E-state index contributed by atoms with van der Waals surface area (Å²) in [6.45, 7) is 0.0203. The van der Waals surface area contributed by atoms with Crippen LogP contribution in [0.1, 0.15) is 24.0 Å². The Kier molecular flexibility index (Phi) is 5.84. The molecule has 0 aliphatic carbocycles. The molecule has 2 fully saturated rings. The van der Waals surface area contributed by atoms with Crippen LogP contribution in [0.15, 0.2) is 78.1 Å². The van der Waals surface area contributed by atoms with Gasteiger partial charge in [0.05, 0.1) is 12.0 Å². The van der Waals surface area contributed by atoms with Crippen molar-refractivity contribution >= 4 is 23.9 Å². The molecule has 7 nitrogen and oxygen atoms in total. The third-order valence-electron chi connectivity index (χ3n) is 5.17. The largest absolute Gasteiger partial charge is 0.478 e. The predicted molar refractivity (Wildman–Crippen MR) is 111 cm³/mol. The molecule has 4 rings (SSSR count). The van der Waals surface area contributed by atoms with E-state index >= 15 is 0 Å². The first-order valence-corrected chi connectivity index (χ1v) is 9.91. The van der Waals surface area contributed by atoms with Crippen LogP contribution in [0.2, 0.25) is 0 Å². The highest BCUT2D eigenvalue weighted by atomic mass is 16.6. The summed E-state index contributed by atoms with van der Waals surface area (Å²) in [5.74, 6) is -2.21. The van der Waals surface area contributed by atoms with E-state index in [1.807, 2.05) is 60.7 Å². The Bertz CT molecular complexity index is 1040. The van der Waals surface area contributed by atoms with Gasteiger partial charge in [0.25, 0.3) is 0 Å².